The maximum atomic E-state index is 13.3. The molecule has 0 aromatic heterocycles. The Labute approximate surface area is 147 Å². The third-order valence-electron chi connectivity index (χ3n) is 4.42. The quantitative estimate of drug-likeness (QED) is 0.755. The van der Waals surface area contributed by atoms with Crippen molar-refractivity contribution in [1.82, 2.24) is 4.31 Å². The van der Waals surface area contributed by atoms with Crippen LogP contribution in [0.2, 0.25) is 5.02 Å². The molecule has 1 aliphatic rings. The van der Waals surface area contributed by atoms with Crippen molar-refractivity contribution < 1.29 is 12.8 Å². The Kier molecular flexibility index (Phi) is 4.95. The van der Waals surface area contributed by atoms with Crippen molar-refractivity contribution in [3.05, 3.63) is 64.9 Å². The van der Waals surface area contributed by atoms with Crippen molar-refractivity contribution in [1.29, 1.82) is 0 Å². The molecule has 0 heterocycles. The first-order valence-electron chi connectivity index (χ1n) is 7.90. The predicted octanol–water partition coefficient (Wildman–Crippen LogP) is 4.47. The van der Waals surface area contributed by atoms with E-state index in [1.54, 1.807) is 0 Å². The summed E-state index contributed by atoms with van der Waals surface area (Å²) in [7, 11) is -3.82. The zero-order chi connectivity index (χ0) is 17.3. The average Bonchev–Trinajstić information content (AvgIpc) is 3.37. The number of hydrogen-bond donors (Lipinski definition) is 0. The number of benzene rings is 2. The first-order chi connectivity index (χ1) is 11.4. The normalized spacial score (nSPS) is 16.3. The molecule has 128 valence electrons. The Hall–Kier alpha value is -1.43. The Morgan fingerprint density at radius 3 is 2.46 bits per heavy atom. The standard InChI is InChI=1S/C18H19ClFNO2S/c1-13(15-7-8-15)21(12-14-5-3-2-4-6-14)24(22,23)18-10-9-16(20)11-17(18)19/h2-6,9-11,13,15H,7-8,12H2,1H3. The lowest BCUT2D eigenvalue weighted by molar-refractivity contribution is 0.303. The third kappa shape index (κ3) is 3.63. The molecule has 2 aromatic rings. The van der Waals surface area contributed by atoms with Crippen LogP contribution in [-0.2, 0) is 16.6 Å². The zero-order valence-corrected chi connectivity index (χ0v) is 14.9. The highest BCUT2D eigenvalue weighted by Crippen LogP contribution is 2.38. The summed E-state index contributed by atoms with van der Waals surface area (Å²) >= 11 is 6.02. The van der Waals surface area contributed by atoms with E-state index in [1.807, 2.05) is 37.3 Å². The van der Waals surface area contributed by atoms with Gasteiger partial charge < -0.3 is 0 Å². The van der Waals surface area contributed by atoms with Crippen molar-refractivity contribution in [3.63, 3.8) is 0 Å². The molecule has 3 nitrogen and oxygen atoms in total. The highest BCUT2D eigenvalue weighted by atomic mass is 35.5. The number of nitrogens with zero attached hydrogens (tertiary/aromatic N) is 1. The van der Waals surface area contributed by atoms with Gasteiger partial charge in [0.1, 0.15) is 10.7 Å². The molecule has 1 saturated carbocycles. The first-order valence-corrected chi connectivity index (χ1v) is 9.72. The molecule has 1 atom stereocenters. The van der Waals surface area contributed by atoms with Crippen LogP contribution in [-0.4, -0.2) is 18.8 Å². The Morgan fingerprint density at radius 2 is 1.88 bits per heavy atom. The molecule has 0 spiro atoms. The summed E-state index contributed by atoms with van der Waals surface area (Å²) in [6, 6.07) is 12.7. The lowest BCUT2D eigenvalue weighted by Crippen LogP contribution is -2.39. The Balaban J connectivity index is 1.99. The first kappa shape index (κ1) is 17.4. The van der Waals surface area contributed by atoms with E-state index in [0.717, 1.165) is 30.5 Å². The van der Waals surface area contributed by atoms with E-state index in [4.69, 9.17) is 11.6 Å². The van der Waals surface area contributed by atoms with Crippen molar-refractivity contribution in [2.24, 2.45) is 5.92 Å². The highest BCUT2D eigenvalue weighted by Gasteiger charge is 2.39. The Morgan fingerprint density at radius 1 is 1.21 bits per heavy atom. The van der Waals surface area contributed by atoms with Crippen LogP contribution in [0.1, 0.15) is 25.3 Å². The minimum atomic E-state index is -3.82. The summed E-state index contributed by atoms with van der Waals surface area (Å²) in [6.45, 7) is 2.20. The molecule has 6 heteroatoms. The molecule has 1 aliphatic carbocycles. The predicted molar refractivity (Wildman–Crippen MR) is 92.8 cm³/mol. The van der Waals surface area contributed by atoms with Gasteiger partial charge in [-0.05, 0) is 49.4 Å². The van der Waals surface area contributed by atoms with E-state index in [0.29, 0.717) is 5.92 Å². The molecule has 1 fully saturated rings. The summed E-state index contributed by atoms with van der Waals surface area (Å²) in [5.74, 6) is -0.188. The Bertz CT molecular complexity index is 822. The number of sulfonamides is 1. The fourth-order valence-corrected chi connectivity index (χ4v) is 5.02. The second-order valence-corrected chi connectivity index (χ2v) is 8.45. The van der Waals surface area contributed by atoms with Crippen LogP contribution in [0, 0.1) is 11.7 Å². The van der Waals surface area contributed by atoms with E-state index in [9.17, 15) is 12.8 Å². The number of halogens is 2. The fraction of sp³-hybridized carbons (Fsp3) is 0.333. The average molecular weight is 368 g/mol. The summed E-state index contributed by atoms with van der Waals surface area (Å²) < 4.78 is 41.1. The third-order valence-corrected chi connectivity index (χ3v) is 6.84. The van der Waals surface area contributed by atoms with Gasteiger partial charge in [0.25, 0.3) is 0 Å². The van der Waals surface area contributed by atoms with Gasteiger partial charge in [-0.25, -0.2) is 12.8 Å². The van der Waals surface area contributed by atoms with Gasteiger partial charge in [0.05, 0.1) is 5.02 Å². The van der Waals surface area contributed by atoms with Gasteiger partial charge in [0, 0.05) is 12.6 Å². The van der Waals surface area contributed by atoms with Crippen LogP contribution in [0.15, 0.2) is 53.4 Å². The summed E-state index contributed by atoms with van der Waals surface area (Å²) in [5.41, 5.74) is 0.909. The van der Waals surface area contributed by atoms with Gasteiger partial charge in [-0.2, -0.15) is 4.31 Å². The van der Waals surface area contributed by atoms with Crippen LogP contribution in [0.25, 0.3) is 0 Å². The largest absolute Gasteiger partial charge is 0.245 e. The van der Waals surface area contributed by atoms with Crippen molar-refractivity contribution in [2.45, 2.75) is 37.2 Å². The smallest absolute Gasteiger partial charge is 0.207 e. The highest BCUT2D eigenvalue weighted by molar-refractivity contribution is 7.89. The minimum absolute atomic E-state index is 0.0472. The second-order valence-electron chi connectivity index (χ2n) is 6.19. The minimum Gasteiger partial charge on any atom is -0.207 e. The maximum Gasteiger partial charge on any atom is 0.245 e. The van der Waals surface area contributed by atoms with Crippen molar-refractivity contribution in [3.8, 4) is 0 Å². The molecule has 0 saturated heterocycles. The molecular formula is C18H19ClFNO2S. The van der Waals surface area contributed by atoms with E-state index in [1.165, 1.54) is 10.4 Å². The van der Waals surface area contributed by atoms with Gasteiger partial charge in [0.15, 0.2) is 0 Å². The molecule has 0 aliphatic heterocycles. The second kappa shape index (κ2) is 6.82. The van der Waals surface area contributed by atoms with Crippen LogP contribution in [0.3, 0.4) is 0 Å². The fourth-order valence-electron chi connectivity index (χ4n) is 2.84. The number of rotatable bonds is 6. The monoisotopic (exact) mass is 367 g/mol. The lowest BCUT2D eigenvalue weighted by atomic mass is 10.2. The molecule has 24 heavy (non-hydrogen) atoms. The summed E-state index contributed by atoms with van der Waals surface area (Å²) in [4.78, 5) is -0.0472. The van der Waals surface area contributed by atoms with Crippen LogP contribution in [0.5, 0.6) is 0 Å². The van der Waals surface area contributed by atoms with Crippen LogP contribution in [0.4, 0.5) is 4.39 Å². The topological polar surface area (TPSA) is 37.4 Å². The summed E-state index contributed by atoms with van der Waals surface area (Å²) in [6.07, 6.45) is 2.05. The van der Waals surface area contributed by atoms with Crippen molar-refractivity contribution >= 4 is 21.6 Å². The summed E-state index contributed by atoms with van der Waals surface area (Å²) in [5, 5.41) is -0.0870. The van der Waals surface area contributed by atoms with Crippen molar-refractivity contribution in [2.75, 3.05) is 0 Å². The molecule has 0 bridgehead atoms. The van der Waals surface area contributed by atoms with E-state index >= 15 is 0 Å². The van der Waals surface area contributed by atoms with E-state index < -0.39 is 15.8 Å². The van der Waals surface area contributed by atoms with Crippen LogP contribution < -0.4 is 0 Å². The van der Waals surface area contributed by atoms with Gasteiger partial charge in [-0.3, -0.25) is 0 Å². The lowest BCUT2D eigenvalue weighted by Gasteiger charge is -2.29. The number of hydrogen-bond acceptors (Lipinski definition) is 2. The van der Waals surface area contributed by atoms with Gasteiger partial charge in [-0.15, -0.1) is 0 Å². The molecule has 1 unspecified atom stereocenters. The molecule has 2 aromatic carbocycles. The maximum absolute atomic E-state index is 13.3. The SMILES string of the molecule is CC(C1CC1)N(Cc1ccccc1)S(=O)(=O)c1ccc(F)cc1Cl. The molecule has 0 radical (unpaired) electrons. The van der Waals surface area contributed by atoms with Gasteiger partial charge >= 0.3 is 0 Å². The van der Waals surface area contributed by atoms with Gasteiger partial charge in [-0.1, -0.05) is 41.9 Å². The molecule has 0 N–H and O–H groups in total. The van der Waals surface area contributed by atoms with E-state index in [2.05, 4.69) is 0 Å². The molecule has 0 amide bonds. The molecule has 3 rings (SSSR count). The van der Waals surface area contributed by atoms with E-state index in [-0.39, 0.29) is 22.5 Å². The zero-order valence-electron chi connectivity index (χ0n) is 13.3. The van der Waals surface area contributed by atoms with Crippen LogP contribution >= 0.6 is 11.6 Å². The molecular weight excluding hydrogens is 349 g/mol. The van der Waals surface area contributed by atoms with Gasteiger partial charge in [0.2, 0.25) is 10.0 Å².